The summed E-state index contributed by atoms with van der Waals surface area (Å²) < 4.78 is 26.1. The summed E-state index contributed by atoms with van der Waals surface area (Å²) in [7, 11) is 0. The largest absolute Gasteiger partial charge is 0.478 e. The Hall–Kier alpha value is -5.98. The van der Waals surface area contributed by atoms with Crippen LogP contribution in [0.15, 0.2) is 107 Å². The monoisotopic (exact) mass is 601 g/mol. The summed E-state index contributed by atoms with van der Waals surface area (Å²) in [5.41, 5.74) is 3.13. The van der Waals surface area contributed by atoms with Gasteiger partial charge in [-0.3, -0.25) is 4.98 Å². The van der Waals surface area contributed by atoms with Gasteiger partial charge in [-0.25, -0.2) is 28.6 Å². The number of hydrogen-bond donors (Lipinski definition) is 4. The topological polar surface area (TPSA) is 163 Å². The lowest BCUT2D eigenvalue weighted by Gasteiger charge is -2.27. The van der Waals surface area contributed by atoms with Gasteiger partial charge >= 0.3 is 18.0 Å². The molecule has 4 aromatic rings. The molecule has 0 bridgehead atoms. The number of halogens is 2. The van der Waals surface area contributed by atoms with Gasteiger partial charge in [-0.2, -0.15) is 5.10 Å². The molecule has 0 spiro atoms. The van der Waals surface area contributed by atoms with E-state index < -0.39 is 35.2 Å². The summed E-state index contributed by atoms with van der Waals surface area (Å²) in [5.74, 6) is -3.92. The Morgan fingerprint density at radius 3 is 1.98 bits per heavy atom. The Morgan fingerprint density at radius 2 is 1.45 bits per heavy atom. The van der Waals surface area contributed by atoms with Crippen LogP contribution in [0.1, 0.15) is 40.5 Å². The predicted molar refractivity (Wildman–Crippen MR) is 156 cm³/mol. The summed E-state index contributed by atoms with van der Waals surface area (Å²) in [6, 6.07) is 23.6. The number of aromatic carboxylic acids is 1. The first kappa shape index (κ1) is 31.0. The minimum atomic E-state index is -1.19. The highest BCUT2D eigenvalue weighted by atomic mass is 19.1. The number of nitrogens with zero attached hydrogens (tertiary/aromatic N) is 3. The van der Waals surface area contributed by atoms with Gasteiger partial charge < -0.3 is 20.4 Å². The van der Waals surface area contributed by atoms with Crippen molar-refractivity contribution in [1.29, 1.82) is 0 Å². The molecule has 5 rings (SSSR count). The molecule has 224 valence electrons. The fourth-order valence-electron chi connectivity index (χ4n) is 4.28. The second kappa shape index (κ2) is 13.8. The molecule has 0 unspecified atom stereocenters. The van der Waals surface area contributed by atoms with Crippen LogP contribution in [0.2, 0.25) is 0 Å². The normalized spacial score (nSPS) is 13.4. The number of anilines is 1. The number of nitrogens with one attached hydrogen (secondary N) is 2. The molecule has 44 heavy (non-hydrogen) atoms. The average Bonchev–Trinajstić information content (AvgIpc) is 3.48. The van der Waals surface area contributed by atoms with Gasteiger partial charge in [0.2, 0.25) is 0 Å². The fraction of sp³-hybridized carbons (Fsp3) is 0.0968. The molecule has 0 aliphatic carbocycles. The molecule has 2 heterocycles. The highest BCUT2D eigenvalue weighted by Gasteiger charge is 2.44. The second-order valence-electron chi connectivity index (χ2n) is 9.30. The molecule has 1 aromatic heterocycles. The van der Waals surface area contributed by atoms with E-state index in [1.165, 1.54) is 25.3 Å². The minimum Gasteiger partial charge on any atom is -0.478 e. The fourth-order valence-corrected chi connectivity index (χ4v) is 4.28. The van der Waals surface area contributed by atoms with Crippen molar-refractivity contribution in [3.63, 3.8) is 0 Å². The van der Waals surface area contributed by atoms with E-state index in [1.54, 1.807) is 0 Å². The number of amides is 2. The van der Waals surface area contributed by atoms with E-state index in [-0.39, 0.29) is 34.8 Å². The number of aromatic nitrogens is 1. The van der Waals surface area contributed by atoms with E-state index in [1.807, 2.05) is 60.7 Å². The first-order chi connectivity index (χ1) is 21.1. The van der Waals surface area contributed by atoms with Crippen molar-refractivity contribution in [2.75, 3.05) is 5.32 Å². The smallest absolute Gasteiger partial charge is 0.353 e. The number of pyridine rings is 1. The summed E-state index contributed by atoms with van der Waals surface area (Å²) in [5, 5.41) is 27.9. The molecule has 0 radical (unpaired) electrons. The van der Waals surface area contributed by atoms with E-state index >= 15 is 0 Å². The van der Waals surface area contributed by atoms with Gasteiger partial charge in [-0.05, 0) is 31.2 Å². The highest BCUT2D eigenvalue weighted by Crippen LogP contribution is 2.41. The van der Waals surface area contributed by atoms with E-state index in [2.05, 4.69) is 26.0 Å². The number of benzene rings is 3. The van der Waals surface area contributed by atoms with Crippen molar-refractivity contribution in [2.45, 2.75) is 18.9 Å². The van der Waals surface area contributed by atoms with E-state index in [9.17, 15) is 23.2 Å². The standard InChI is InChI=1S/C16H13NO3.C15H12F2N4O3/c18-15(19)14-11-16(20-17-14,12-7-3-1-4-8-12)13-9-5-2-6-10-13;1-8(13-12(14(22)23)3-2-4-18-13)20-21-15(24)19-11-6-9(16)5-10(17)7-11/h1-10H,11H2,(H,18,19);2-7H,1H3,(H,22,23)(H2,19,21,24)/b;20-8+. The van der Waals surface area contributed by atoms with Gasteiger partial charge in [0, 0.05) is 29.1 Å². The molecule has 2 amide bonds. The van der Waals surface area contributed by atoms with Gasteiger partial charge in [0.15, 0.2) is 11.3 Å². The third-order valence-electron chi connectivity index (χ3n) is 6.28. The van der Waals surface area contributed by atoms with Crippen LogP contribution in [0.3, 0.4) is 0 Å². The van der Waals surface area contributed by atoms with Gasteiger partial charge in [-0.15, -0.1) is 0 Å². The Morgan fingerprint density at radius 1 is 0.864 bits per heavy atom. The van der Waals surface area contributed by atoms with Crippen molar-refractivity contribution in [2.24, 2.45) is 10.3 Å². The van der Waals surface area contributed by atoms with Crippen LogP contribution in [0.5, 0.6) is 0 Å². The molecule has 3 aromatic carbocycles. The molecular weight excluding hydrogens is 576 g/mol. The van der Waals surface area contributed by atoms with Crippen LogP contribution in [0.25, 0.3) is 0 Å². The van der Waals surface area contributed by atoms with Crippen molar-refractivity contribution in [3.05, 3.63) is 131 Å². The summed E-state index contributed by atoms with van der Waals surface area (Å²) in [6.45, 7) is 1.46. The van der Waals surface area contributed by atoms with E-state index in [0.717, 1.165) is 23.3 Å². The Kier molecular flexibility index (Phi) is 9.70. The first-order valence-electron chi connectivity index (χ1n) is 12.9. The van der Waals surface area contributed by atoms with Gasteiger partial charge in [-0.1, -0.05) is 65.8 Å². The maximum atomic E-state index is 13.0. The minimum absolute atomic E-state index is 0.0395. The molecule has 11 nitrogen and oxygen atoms in total. The maximum Gasteiger partial charge on any atom is 0.353 e. The van der Waals surface area contributed by atoms with Crippen LogP contribution in [-0.2, 0) is 15.2 Å². The quantitative estimate of drug-likeness (QED) is 0.163. The lowest BCUT2D eigenvalue weighted by molar-refractivity contribution is -0.129. The highest BCUT2D eigenvalue weighted by molar-refractivity contribution is 6.36. The summed E-state index contributed by atoms with van der Waals surface area (Å²) in [6.07, 6.45) is 1.60. The van der Waals surface area contributed by atoms with Gasteiger partial charge in [0.05, 0.1) is 17.7 Å². The average molecular weight is 602 g/mol. The number of rotatable bonds is 7. The lowest BCUT2D eigenvalue weighted by atomic mass is 9.82. The lowest BCUT2D eigenvalue weighted by Crippen LogP contribution is -2.29. The molecule has 1 aliphatic heterocycles. The Balaban J connectivity index is 0.000000204. The number of hydrazone groups is 1. The molecule has 1 aliphatic rings. The third-order valence-corrected chi connectivity index (χ3v) is 6.28. The number of urea groups is 1. The van der Waals surface area contributed by atoms with Crippen molar-refractivity contribution in [3.8, 4) is 0 Å². The second-order valence-corrected chi connectivity index (χ2v) is 9.30. The van der Waals surface area contributed by atoms with Crippen LogP contribution < -0.4 is 10.7 Å². The maximum absolute atomic E-state index is 13.0. The van der Waals surface area contributed by atoms with Crippen LogP contribution in [-0.4, -0.2) is 44.6 Å². The Labute approximate surface area is 249 Å². The van der Waals surface area contributed by atoms with Crippen LogP contribution in [0.4, 0.5) is 19.3 Å². The zero-order valence-corrected chi connectivity index (χ0v) is 23.1. The van der Waals surface area contributed by atoms with E-state index in [4.69, 9.17) is 15.1 Å². The first-order valence-corrected chi connectivity index (χ1v) is 12.9. The SMILES string of the molecule is C/C(=N\NC(=O)Nc1cc(F)cc(F)c1)c1ncccc1C(=O)O.O=C(O)C1=NOC(c2ccccc2)(c2ccccc2)C1. The number of hydrogen-bond acceptors (Lipinski definition) is 7. The summed E-state index contributed by atoms with van der Waals surface area (Å²) in [4.78, 5) is 43.4. The van der Waals surface area contributed by atoms with E-state index in [0.29, 0.717) is 6.07 Å². The van der Waals surface area contributed by atoms with Crippen molar-refractivity contribution in [1.82, 2.24) is 10.4 Å². The molecule has 0 fully saturated rings. The zero-order valence-electron chi connectivity index (χ0n) is 23.1. The van der Waals surface area contributed by atoms with Crippen LogP contribution in [0, 0.1) is 11.6 Å². The van der Waals surface area contributed by atoms with Crippen LogP contribution >= 0.6 is 0 Å². The van der Waals surface area contributed by atoms with Crippen molar-refractivity contribution >= 4 is 35.1 Å². The molecule has 4 N–H and O–H groups in total. The number of carboxylic acid groups (broad SMARTS) is 2. The predicted octanol–water partition coefficient (Wildman–Crippen LogP) is 5.39. The third kappa shape index (κ3) is 7.45. The number of carboxylic acids is 2. The number of oxime groups is 1. The molecule has 0 atom stereocenters. The number of carbonyl (C=O) groups excluding carboxylic acids is 1. The molecular formula is C31H25F2N5O6. The number of carbonyl (C=O) groups is 3. The number of aliphatic carboxylic acids is 1. The molecule has 0 saturated heterocycles. The zero-order chi connectivity index (χ0) is 31.7. The Bertz CT molecular complexity index is 1670. The molecule has 13 heteroatoms. The summed E-state index contributed by atoms with van der Waals surface area (Å²) >= 11 is 0. The van der Waals surface area contributed by atoms with Crippen molar-refractivity contribution < 1.29 is 38.2 Å². The molecule has 0 saturated carbocycles. The van der Waals surface area contributed by atoms with Gasteiger partial charge in [0.1, 0.15) is 17.3 Å². The van der Waals surface area contributed by atoms with Gasteiger partial charge in [0.25, 0.3) is 0 Å².